The number of fused-ring (bicyclic) bond motifs is 2. The Morgan fingerprint density at radius 3 is 2.68 bits per heavy atom. The molecule has 2 aromatic heterocycles. The van der Waals surface area contributed by atoms with E-state index in [-0.39, 0.29) is 55.5 Å². The maximum atomic E-state index is 15.3. The number of piperidine rings is 1. The van der Waals surface area contributed by atoms with Crippen LogP contribution in [0.25, 0.3) is 11.0 Å². The second-order valence-corrected chi connectivity index (χ2v) is 10.3. The average Bonchev–Trinajstić information content (AvgIpc) is 3.44. The lowest BCUT2D eigenvalue weighted by Gasteiger charge is -2.37. The van der Waals surface area contributed by atoms with E-state index in [4.69, 9.17) is 4.74 Å². The molecule has 1 unspecified atom stereocenters. The fourth-order valence-corrected chi connectivity index (χ4v) is 5.64. The van der Waals surface area contributed by atoms with Crippen molar-refractivity contribution in [1.82, 2.24) is 25.1 Å². The van der Waals surface area contributed by atoms with Gasteiger partial charge >= 0.3 is 12.3 Å². The number of nitrogens with zero attached hydrogens (tertiary/aromatic N) is 3. The highest BCUT2D eigenvalue weighted by atomic mass is 19.4. The highest BCUT2D eigenvalue weighted by molar-refractivity contribution is 6.05. The summed E-state index contributed by atoms with van der Waals surface area (Å²) in [6.45, 7) is -0.289. The maximum Gasteiger partial charge on any atom is 0.431 e. The zero-order valence-electron chi connectivity index (χ0n) is 21.3. The molecule has 3 aromatic rings. The van der Waals surface area contributed by atoms with Crippen molar-refractivity contribution in [1.29, 1.82) is 0 Å². The quantitative estimate of drug-likeness (QED) is 0.356. The van der Waals surface area contributed by atoms with Gasteiger partial charge in [-0.3, -0.25) is 19.7 Å². The molecule has 14 heteroatoms. The number of rotatable bonds is 5. The number of aromatic nitrogens is 2. The van der Waals surface area contributed by atoms with Gasteiger partial charge in [-0.1, -0.05) is 12.1 Å². The molecule has 1 saturated carbocycles. The van der Waals surface area contributed by atoms with Crippen LogP contribution in [0, 0.1) is 5.82 Å². The minimum Gasteiger partial charge on any atom is -0.446 e. The largest absolute Gasteiger partial charge is 0.446 e. The van der Waals surface area contributed by atoms with Crippen molar-refractivity contribution < 1.29 is 41.5 Å². The van der Waals surface area contributed by atoms with Crippen molar-refractivity contribution in [2.24, 2.45) is 0 Å². The molecule has 41 heavy (non-hydrogen) atoms. The van der Waals surface area contributed by atoms with E-state index in [1.54, 1.807) is 12.1 Å². The molecule has 214 valence electrons. The Balaban J connectivity index is 1.06. The summed E-state index contributed by atoms with van der Waals surface area (Å²) >= 11 is 0. The summed E-state index contributed by atoms with van der Waals surface area (Å²) in [5, 5.41) is 4.96. The number of imide groups is 1. The number of hydrogen-bond donors (Lipinski definition) is 2. The Morgan fingerprint density at radius 1 is 1.17 bits per heavy atom. The Morgan fingerprint density at radius 2 is 1.95 bits per heavy atom. The van der Waals surface area contributed by atoms with Gasteiger partial charge in [-0.05, 0) is 30.2 Å². The number of amides is 4. The zero-order valence-corrected chi connectivity index (χ0v) is 21.3. The van der Waals surface area contributed by atoms with Gasteiger partial charge in [0.05, 0.1) is 5.56 Å². The summed E-state index contributed by atoms with van der Waals surface area (Å²) in [5.74, 6) is -2.55. The SMILES string of the molecule is O=C1CCC(N2Cc3ccc(CNC(=O)OC4CC(n5c(C(F)(F)F)cc6cccnc65)C4)c(F)c3C2=O)C(=O)N1. The van der Waals surface area contributed by atoms with Gasteiger partial charge < -0.3 is 19.5 Å². The zero-order chi connectivity index (χ0) is 29.1. The second kappa shape index (κ2) is 9.85. The third-order valence-electron chi connectivity index (χ3n) is 7.73. The Labute approximate surface area is 229 Å². The van der Waals surface area contributed by atoms with Crippen molar-refractivity contribution in [3.05, 3.63) is 64.7 Å². The van der Waals surface area contributed by atoms with E-state index in [1.807, 2.05) is 0 Å². The first-order valence-electron chi connectivity index (χ1n) is 12.9. The number of benzene rings is 1. The molecule has 1 aliphatic carbocycles. The number of alkyl carbamates (subject to hydrolysis) is 1. The molecule has 0 bridgehead atoms. The lowest BCUT2D eigenvalue weighted by atomic mass is 9.88. The topological polar surface area (TPSA) is 123 Å². The summed E-state index contributed by atoms with van der Waals surface area (Å²) in [4.78, 5) is 54.3. The van der Waals surface area contributed by atoms with Gasteiger partial charge in [0.15, 0.2) is 0 Å². The standard InChI is InChI=1S/C27H23F4N5O5/c28-22-14(3-4-15-12-35(25(39)21(15)22)18-5-6-20(37)34-24(18)38)11-33-26(40)41-17-9-16(10-17)36-19(27(29,30)31)8-13-2-1-7-32-23(13)36/h1-4,7-8,16-18H,5-6,9-12H2,(H,33,40)(H,34,37,38). The van der Waals surface area contributed by atoms with Gasteiger partial charge in [-0.2, -0.15) is 13.2 Å². The third kappa shape index (κ3) is 4.76. The molecule has 1 atom stereocenters. The smallest absolute Gasteiger partial charge is 0.431 e. The van der Waals surface area contributed by atoms with Crippen LogP contribution in [-0.4, -0.2) is 50.4 Å². The van der Waals surface area contributed by atoms with Crippen molar-refractivity contribution in [2.45, 2.75) is 63.1 Å². The van der Waals surface area contributed by atoms with Gasteiger partial charge in [0.2, 0.25) is 11.8 Å². The number of alkyl halides is 3. The molecule has 10 nitrogen and oxygen atoms in total. The molecular formula is C27H23F4N5O5. The van der Waals surface area contributed by atoms with Crippen LogP contribution in [0.15, 0.2) is 36.5 Å². The predicted molar refractivity (Wildman–Crippen MR) is 133 cm³/mol. The normalized spacial score (nSPS) is 22.4. The minimum absolute atomic E-state index is 0.0121. The van der Waals surface area contributed by atoms with Gasteiger partial charge in [0, 0.05) is 55.5 Å². The monoisotopic (exact) mass is 573 g/mol. The van der Waals surface area contributed by atoms with Gasteiger partial charge in [0.25, 0.3) is 5.91 Å². The number of carbonyl (C=O) groups excluding carboxylic acids is 4. The first kappa shape index (κ1) is 26.7. The van der Waals surface area contributed by atoms with E-state index in [0.29, 0.717) is 10.9 Å². The fraction of sp³-hybridized carbons (Fsp3) is 0.370. The molecule has 4 amide bonds. The molecule has 2 fully saturated rings. The first-order chi connectivity index (χ1) is 19.5. The summed E-state index contributed by atoms with van der Waals surface area (Å²) < 4.78 is 62.6. The number of hydrogen-bond acceptors (Lipinski definition) is 6. The highest BCUT2D eigenvalue weighted by Gasteiger charge is 2.43. The van der Waals surface area contributed by atoms with Crippen LogP contribution >= 0.6 is 0 Å². The van der Waals surface area contributed by atoms with Crippen molar-refractivity contribution in [3.8, 4) is 0 Å². The summed E-state index contributed by atoms with van der Waals surface area (Å²) in [6, 6.07) is 5.65. The van der Waals surface area contributed by atoms with Crippen LogP contribution in [0.5, 0.6) is 0 Å². The van der Waals surface area contributed by atoms with Gasteiger partial charge in [-0.25, -0.2) is 14.2 Å². The molecule has 0 spiro atoms. The fourth-order valence-electron chi connectivity index (χ4n) is 5.64. The molecular weight excluding hydrogens is 550 g/mol. The first-order valence-corrected chi connectivity index (χ1v) is 12.9. The van der Waals surface area contributed by atoms with Crippen molar-refractivity contribution in [3.63, 3.8) is 0 Å². The molecule has 4 heterocycles. The second-order valence-electron chi connectivity index (χ2n) is 10.3. The number of ether oxygens (including phenoxy) is 1. The van der Waals surface area contributed by atoms with E-state index in [9.17, 15) is 32.3 Å². The number of nitrogens with one attached hydrogen (secondary N) is 2. The van der Waals surface area contributed by atoms with E-state index in [1.165, 1.54) is 23.2 Å². The maximum absolute atomic E-state index is 15.3. The number of pyridine rings is 1. The van der Waals surface area contributed by atoms with Crippen LogP contribution in [0.1, 0.15) is 58.9 Å². The number of halogens is 4. The lowest BCUT2D eigenvalue weighted by molar-refractivity contribution is -0.145. The molecule has 2 N–H and O–H groups in total. The van der Waals surface area contributed by atoms with Crippen LogP contribution in [0.3, 0.4) is 0 Å². The molecule has 2 aliphatic heterocycles. The molecule has 1 aromatic carbocycles. The van der Waals surface area contributed by atoms with Crippen LogP contribution in [0.2, 0.25) is 0 Å². The summed E-state index contributed by atoms with van der Waals surface area (Å²) in [7, 11) is 0. The van der Waals surface area contributed by atoms with Crippen LogP contribution < -0.4 is 10.6 Å². The Hall–Kier alpha value is -4.49. The Bertz CT molecular complexity index is 1600. The third-order valence-corrected chi connectivity index (χ3v) is 7.73. The molecule has 3 aliphatic rings. The predicted octanol–water partition coefficient (Wildman–Crippen LogP) is 3.59. The number of carbonyl (C=O) groups is 4. The average molecular weight is 574 g/mol. The lowest BCUT2D eigenvalue weighted by Crippen LogP contribution is -2.52. The van der Waals surface area contributed by atoms with Crippen LogP contribution in [0.4, 0.5) is 22.4 Å². The van der Waals surface area contributed by atoms with Crippen molar-refractivity contribution >= 4 is 34.8 Å². The molecule has 6 rings (SSSR count). The van der Waals surface area contributed by atoms with Crippen molar-refractivity contribution in [2.75, 3.05) is 0 Å². The van der Waals surface area contributed by atoms with E-state index in [2.05, 4.69) is 15.6 Å². The van der Waals surface area contributed by atoms with E-state index < -0.39 is 59.7 Å². The minimum atomic E-state index is -4.58. The Kier molecular flexibility index (Phi) is 6.42. The molecule has 0 radical (unpaired) electrons. The van der Waals surface area contributed by atoms with E-state index >= 15 is 4.39 Å². The van der Waals surface area contributed by atoms with E-state index in [0.717, 1.165) is 10.6 Å². The molecule has 1 saturated heterocycles. The summed E-state index contributed by atoms with van der Waals surface area (Å²) in [6.07, 6.45) is -4.18. The highest BCUT2D eigenvalue weighted by Crippen LogP contribution is 2.42. The van der Waals surface area contributed by atoms with Gasteiger partial charge in [0.1, 0.15) is 29.3 Å². The van der Waals surface area contributed by atoms with Gasteiger partial charge in [-0.15, -0.1) is 0 Å². The van der Waals surface area contributed by atoms with Crippen LogP contribution in [-0.2, 0) is 33.6 Å². The summed E-state index contributed by atoms with van der Waals surface area (Å²) in [5.41, 5.74) is -0.417.